The molecule has 1 fully saturated rings. The summed E-state index contributed by atoms with van der Waals surface area (Å²) in [6.07, 6.45) is 2.51. The van der Waals surface area contributed by atoms with Gasteiger partial charge in [-0.15, -0.1) is 11.3 Å². The molecule has 0 aliphatic heterocycles. The molecule has 5 nitrogen and oxygen atoms in total. The van der Waals surface area contributed by atoms with Crippen molar-refractivity contribution in [3.63, 3.8) is 0 Å². The molecule has 2 heterocycles. The van der Waals surface area contributed by atoms with Crippen LogP contribution in [0.5, 0.6) is 5.75 Å². The zero-order chi connectivity index (χ0) is 11.7. The number of hydrogen-bond donors (Lipinski definition) is 1. The van der Waals surface area contributed by atoms with Crippen LogP contribution >= 0.6 is 11.3 Å². The molecule has 0 unspecified atom stereocenters. The molecule has 1 aliphatic carbocycles. The summed E-state index contributed by atoms with van der Waals surface area (Å²) in [6, 6.07) is 2.55. The van der Waals surface area contributed by atoms with Gasteiger partial charge in [0.05, 0.1) is 18.5 Å². The Hall–Kier alpha value is -1.40. The van der Waals surface area contributed by atoms with E-state index in [0.717, 1.165) is 10.6 Å². The first kappa shape index (κ1) is 10.7. The first-order valence-electron chi connectivity index (χ1n) is 5.54. The van der Waals surface area contributed by atoms with Gasteiger partial charge in [0.1, 0.15) is 5.75 Å². The average molecular weight is 251 g/mol. The minimum atomic E-state index is 0.561. The van der Waals surface area contributed by atoms with E-state index in [1.807, 2.05) is 11.4 Å². The highest BCUT2D eigenvalue weighted by molar-refractivity contribution is 7.13. The Morgan fingerprint density at radius 2 is 2.47 bits per heavy atom. The van der Waals surface area contributed by atoms with Crippen molar-refractivity contribution in [2.45, 2.75) is 25.4 Å². The molecule has 2 aromatic rings. The highest BCUT2D eigenvalue weighted by atomic mass is 32.1. The van der Waals surface area contributed by atoms with Crippen LogP contribution in [0, 0.1) is 0 Å². The van der Waals surface area contributed by atoms with Crippen LogP contribution in [0.25, 0.3) is 10.8 Å². The van der Waals surface area contributed by atoms with Gasteiger partial charge in [0.15, 0.2) is 5.82 Å². The fourth-order valence-corrected chi connectivity index (χ4v) is 2.26. The third-order valence-corrected chi connectivity index (χ3v) is 3.51. The Morgan fingerprint density at radius 1 is 1.59 bits per heavy atom. The van der Waals surface area contributed by atoms with Crippen LogP contribution < -0.4 is 10.1 Å². The van der Waals surface area contributed by atoms with E-state index in [2.05, 4.69) is 15.5 Å². The molecule has 1 aliphatic rings. The van der Waals surface area contributed by atoms with E-state index in [1.165, 1.54) is 24.2 Å². The van der Waals surface area contributed by atoms with E-state index < -0.39 is 0 Å². The van der Waals surface area contributed by atoms with Crippen molar-refractivity contribution in [1.82, 2.24) is 15.5 Å². The predicted octanol–water partition coefficient (Wildman–Crippen LogP) is 2.06. The fraction of sp³-hybridized carbons (Fsp3) is 0.455. The van der Waals surface area contributed by atoms with E-state index in [4.69, 9.17) is 9.26 Å². The van der Waals surface area contributed by atoms with E-state index in [0.29, 0.717) is 24.3 Å². The van der Waals surface area contributed by atoms with Crippen LogP contribution in [-0.2, 0) is 6.54 Å². The molecule has 3 rings (SSSR count). The fourth-order valence-electron chi connectivity index (χ4n) is 1.49. The SMILES string of the molecule is COc1csc(-c2nc(CNC3CC3)no2)c1. The van der Waals surface area contributed by atoms with Gasteiger partial charge in [-0.05, 0) is 12.8 Å². The van der Waals surface area contributed by atoms with Gasteiger partial charge in [0.25, 0.3) is 5.89 Å². The summed E-state index contributed by atoms with van der Waals surface area (Å²) in [5.41, 5.74) is 0. The molecule has 0 aromatic carbocycles. The molecule has 1 saturated carbocycles. The first-order valence-corrected chi connectivity index (χ1v) is 6.42. The second-order valence-electron chi connectivity index (χ2n) is 4.02. The van der Waals surface area contributed by atoms with Gasteiger partial charge in [-0.25, -0.2) is 0 Å². The summed E-state index contributed by atoms with van der Waals surface area (Å²) < 4.78 is 10.3. The maximum Gasteiger partial charge on any atom is 0.268 e. The Kier molecular flexibility index (Phi) is 2.82. The molecule has 0 atom stereocenters. The Bertz CT molecular complexity index is 504. The standard InChI is InChI=1S/C11H13N3O2S/c1-15-8-4-9(17-6-8)11-13-10(14-16-11)5-12-7-2-3-7/h4,6-7,12H,2-3,5H2,1H3. The van der Waals surface area contributed by atoms with Crippen LogP contribution in [0.2, 0.25) is 0 Å². The molecule has 17 heavy (non-hydrogen) atoms. The van der Waals surface area contributed by atoms with Crippen molar-refractivity contribution in [2.75, 3.05) is 7.11 Å². The average Bonchev–Trinajstić information content (AvgIpc) is 2.89. The Labute approximate surface area is 103 Å². The van der Waals surface area contributed by atoms with Crippen molar-refractivity contribution < 1.29 is 9.26 Å². The topological polar surface area (TPSA) is 60.2 Å². The smallest absolute Gasteiger partial charge is 0.268 e. The number of methoxy groups -OCH3 is 1. The first-order chi connectivity index (χ1) is 8.35. The third-order valence-electron chi connectivity index (χ3n) is 2.62. The Morgan fingerprint density at radius 3 is 3.18 bits per heavy atom. The van der Waals surface area contributed by atoms with Gasteiger partial charge in [0.2, 0.25) is 0 Å². The van der Waals surface area contributed by atoms with Gasteiger partial charge in [-0.2, -0.15) is 4.98 Å². The normalized spacial score (nSPS) is 15.1. The van der Waals surface area contributed by atoms with Crippen molar-refractivity contribution in [2.24, 2.45) is 0 Å². The Balaban J connectivity index is 1.69. The molecular formula is C11H13N3O2S. The number of thiophene rings is 1. The molecule has 2 aromatic heterocycles. The minimum absolute atomic E-state index is 0.561. The van der Waals surface area contributed by atoms with Gasteiger partial charge in [-0.1, -0.05) is 5.16 Å². The molecule has 0 saturated heterocycles. The van der Waals surface area contributed by atoms with Crippen molar-refractivity contribution in [3.8, 4) is 16.5 Å². The summed E-state index contributed by atoms with van der Waals surface area (Å²) >= 11 is 1.54. The van der Waals surface area contributed by atoms with Crippen LogP contribution in [0.1, 0.15) is 18.7 Å². The zero-order valence-corrected chi connectivity index (χ0v) is 10.3. The highest BCUT2D eigenvalue weighted by Crippen LogP contribution is 2.29. The number of rotatable bonds is 5. The quantitative estimate of drug-likeness (QED) is 0.881. The lowest BCUT2D eigenvalue weighted by molar-refractivity contribution is 0.414. The van der Waals surface area contributed by atoms with E-state index in [-0.39, 0.29) is 0 Å². The summed E-state index contributed by atoms with van der Waals surface area (Å²) in [6.45, 7) is 0.677. The maximum absolute atomic E-state index is 5.21. The van der Waals surface area contributed by atoms with Crippen molar-refractivity contribution in [1.29, 1.82) is 0 Å². The van der Waals surface area contributed by atoms with Crippen LogP contribution in [-0.4, -0.2) is 23.3 Å². The maximum atomic E-state index is 5.21. The number of hydrogen-bond acceptors (Lipinski definition) is 6. The number of aromatic nitrogens is 2. The summed E-state index contributed by atoms with van der Waals surface area (Å²) in [5, 5.41) is 9.21. The van der Waals surface area contributed by atoms with Gasteiger partial charge >= 0.3 is 0 Å². The lowest BCUT2D eigenvalue weighted by Gasteiger charge is -1.94. The minimum Gasteiger partial charge on any atom is -0.496 e. The van der Waals surface area contributed by atoms with Crippen LogP contribution in [0.4, 0.5) is 0 Å². The lowest BCUT2D eigenvalue weighted by Crippen LogP contribution is -2.16. The molecule has 90 valence electrons. The lowest BCUT2D eigenvalue weighted by atomic mass is 10.4. The summed E-state index contributed by atoms with van der Waals surface area (Å²) in [4.78, 5) is 5.28. The van der Waals surface area contributed by atoms with Crippen molar-refractivity contribution >= 4 is 11.3 Å². The summed E-state index contributed by atoms with van der Waals surface area (Å²) in [5.74, 6) is 2.09. The zero-order valence-electron chi connectivity index (χ0n) is 9.47. The monoisotopic (exact) mass is 251 g/mol. The van der Waals surface area contributed by atoms with E-state index in [9.17, 15) is 0 Å². The van der Waals surface area contributed by atoms with E-state index in [1.54, 1.807) is 7.11 Å². The number of nitrogens with zero attached hydrogens (tertiary/aromatic N) is 2. The predicted molar refractivity (Wildman–Crippen MR) is 64.0 cm³/mol. The molecule has 0 amide bonds. The van der Waals surface area contributed by atoms with Gasteiger partial charge in [-0.3, -0.25) is 0 Å². The second kappa shape index (κ2) is 4.46. The summed E-state index contributed by atoms with van der Waals surface area (Å²) in [7, 11) is 1.64. The highest BCUT2D eigenvalue weighted by Gasteiger charge is 2.21. The third kappa shape index (κ3) is 2.48. The second-order valence-corrected chi connectivity index (χ2v) is 4.93. The van der Waals surface area contributed by atoms with Gasteiger partial charge in [0, 0.05) is 17.5 Å². The van der Waals surface area contributed by atoms with Crippen molar-refractivity contribution in [3.05, 3.63) is 17.3 Å². The molecule has 1 N–H and O–H groups in total. The molecule has 0 spiro atoms. The number of ether oxygens (including phenoxy) is 1. The van der Waals surface area contributed by atoms with Crippen LogP contribution in [0.3, 0.4) is 0 Å². The molecule has 0 bridgehead atoms. The van der Waals surface area contributed by atoms with Gasteiger partial charge < -0.3 is 14.6 Å². The van der Waals surface area contributed by atoms with Crippen LogP contribution in [0.15, 0.2) is 16.0 Å². The largest absolute Gasteiger partial charge is 0.496 e. The van der Waals surface area contributed by atoms with E-state index >= 15 is 0 Å². The molecule has 0 radical (unpaired) electrons. The molecule has 6 heteroatoms. The molecular weight excluding hydrogens is 238 g/mol. The number of nitrogens with one attached hydrogen (secondary N) is 1.